The van der Waals surface area contributed by atoms with Gasteiger partial charge in [-0.1, -0.05) is 105 Å². The molecule has 0 atom stereocenters. The van der Waals surface area contributed by atoms with Crippen molar-refractivity contribution in [3.63, 3.8) is 0 Å². The molecule has 138 heavy (non-hydrogen) atoms. The number of alkyl halides is 1. The second-order valence-electron chi connectivity index (χ2n) is 33.0. The maximum Gasteiger partial charge on any atom is 0.519 e. The Bertz CT molecular complexity index is 3950. The van der Waals surface area contributed by atoms with E-state index in [1.807, 2.05) is 97.9 Å². The van der Waals surface area contributed by atoms with Crippen molar-refractivity contribution in [1.82, 2.24) is 16.8 Å². The maximum atomic E-state index is 11.5. The van der Waals surface area contributed by atoms with Gasteiger partial charge in [0.1, 0.15) is 40.6 Å². The molecule has 0 bridgehead atoms. The van der Waals surface area contributed by atoms with E-state index in [-0.39, 0.29) is 127 Å². The lowest BCUT2D eigenvalue weighted by Crippen LogP contribution is -2.55. The Kier molecular flexibility index (Phi) is 87.0. The number of hydrogen-bond donors (Lipinski definition) is 7. The van der Waals surface area contributed by atoms with Crippen molar-refractivity contribution in [3.8, 4) is 24.3 Å². The predicted octanol–water partition coefficient (Wildman–Crippen LogP) is -4.96. The molecule has 2 aliphatic rings. The zero-order chi connectivity index (χ0) is 106. The molecule has 70 heteroatoms. The Balaban J connectivity index is -0.000000166. The van der Waals surface area contributed by atoms with Gasteiger partial charge < -0.3 is 85.5 Å². The number of nitriles is 4. The van der Waals surface area contributed by atoms with E-state index in [0.29, 0.717) is 85.4 Å². The second-order valence-corrected chi connectivity index (χ2v) is 36.1. The standard InChI is InChI=1S/C13H17BN2O4.C13H15BrN2O2.C12H24B2O4.C10H18O5.C8H5Br2N.C8H7BrN2.C2H6O.2CH4.B9H9.B9H6.B9H3.B9.B2.H3N.H2O/c1-13(2,3)20-12(17)16-8-9-4-5-11(14(18)19)10(6-9)7-15;1-13(2,3)18-12(17)16-8-9-4-5-11(14)10(6-9)7-15;1-9(2)10(3,4)16-13(15-9)14-17-11(5,6)12(7,8)18-14;1-9(2,3)14-7(11)13-8(12)15-10(4,5)6;9-4-6-1-2-8(10)7(3-6)5-11;9-8-2-1-6(4-10)3-7(8)5-11;1-2-3;;;4*1-6-9(7(2)3)8(4)5;1-2;;/h4-6,18-19H,8H2,1-3H3,(H,16,17);4-6H,8H2,1-3H3,(H,16,17);1-8H3;1-6H3;1-3H,4H2;1-3H,4,10H2;3H,2H2,1H3;2*1H4;1-3H3;1-2H3;1H3;;;1H3;1H2/q;;;;;;;;;-3;-2;-1;;;;. The summed E-state index contributed by atoms with van der Waals surface area (Å²) in [6.07, 6.45) is -3.05. The van der Waals surface area contributed by atoms with Crippen molar-refractivity contribution in [2.24, 2.45) is 5.73 Å². The zero-order valence-corrected chi connectivity index (χ0v) is 84.7. The van der Waals surface area contributed by atoms with Gasteiger partial charge in [0.15, 0.2) is 0 Å². The highest BCUT2D eigenvalue weighted by molar-refractivity contribution is 9.11. The van der Waals surface area contributed by atoms with Crippen LogP contribution >= 0.6 is 63.7 Å². The summed E-state index contributed by atoms with van der Waals surface area (Å²) in [7, 11) is 91.3. The summed E-state index contributed by atoms with van der Waals surface area (Å²) in [6.45, 7) is 39.9. The molecule has 6 rings (SSSR count). The largest absolute Gasteiger partial charge is 0.519 e. The van der Waals surface area contributed by atoms with Gasteiger partial charge >= 0.3 is 45.6 Å². The Hall–Kier alpha value is -3.70. The molecule has 2 heterocycles. The number of hydrogen-bond acceptors (Lipinski definition) is 22. The van der Waals surface area contributed by atoms with Gasteiger partial charge in [-0.3, -0.25) is 6.39 Å². The number of rotatable bonds is 20. The van der Waals surface area contributed by atoms with Crippen LogP contribution in [-0.2, 0) is 67.3 Å². The van der Waals surface area contributed by atoms with Gasteiger partial charge in [-0.05, 0) is 365 Å². The number of nitrogens with one attached hydrogen (secondary N) is 2. The number of carbonyl (C=O) groups excluding carboxylic acids is 4. The molecule has 0 saturated carbocycles. The molecule has 2 saturated heterocycles. The van der Waals surface area contributed by atoms with Gasteiger partial charge in [0.2, 0.25) is 0 Å². The van der Waals surface area contributed by atoms with E-state index in [1.165, 1.54) is 19.2 Å². The van der Waals surface area contributed by atoms with E-state index in [0.717, 1.165) is 41.8 Å². The van der Waals surface area contributed by atoms with Crippen molar-refractivity contribution in [3.05, 3.63) is 131 Å². The molecule has 2 aliphatic heterocycles. The second kappa shape index (κ2) is 77.7. The normalized spacial score (nSPS) is 12.1. The molecule has 4 aromatic rings. The van der Waals surface area contributed by atoms with Crippen LogP contribution in [0.3, 0.4) is 0 Å². The summed E-state index contributed by atoms with van der Waals surface area (Å²) >= 11 is 13.1. The fourth-order valence-corrected chi connectivity index (χ4v) is 9.17. The molecular formula is C68H123B41Br4N8O17-6. The minimum Gasteiger partial charge on any atom is -0.444 e. The van der Waals surface area contributed by atoms with Gasteiger partial charge in [-0.25, -0.2) is 19.2 Å². The van der Waals surface area contributed by atoms with Crippen LogP contribution in [0.4, 0.5) is 19.2 Å². The molecule has 4 aromatic carbocycles. The third-order valence-corrected chi connectivity index (χ3v) is 18.6. The number of carbonyl (C=O) groups is 4. The van der Waals surface area contributed by atoms with E-state index in [1.54, 1.807) is 114 Å². The first-order valence-electron chi connectivity index (χ1n) is 39.0. The summed E-state index contributed by atoms with van der Waals surface area (Å²) < 4.78 is 50.3. The fourth-order valence-electron chi connectivity index (χ4n) is 7.81. The van der Waals surface area contributed by atoms with Crippen molar-refractivity contribution in [2.45, 2.75) is 230 Å². The Morgan fingerprint density at radius 1 is 0.478 bits per heavy atom. The quantitative estimate of drug-likeness (QED) is 0.0143. The van der Waals surface area contributed by atoms with E-state index >= 15 is 0 Å². The van der Waals surface area contributed by atoms with Crippen LogP contribution < -0.4 is 28.0 Å². The third kappa shape index (κ3) is 70.2. The SMILES string of the molecule is C.C.CC(C)(C)OC(=O)NCc1ccc(B(O)O)c(C#N)c1.CC(C)(C)OC(=O)NCc1ccc(Br)c(C#N)c1.CC(C)(C)OC(=O)OC(=O)OC(C)(C)C.CC1(C)OB(B2OC(C)(C)C(C)(C)O2)OC1(C)C.CCO.N.N#Cc1cc(CBr)ccc1Br.N#Cc1cc(CN)ccc1Br.O.[B]B([B])B([B][BH3-])B([BH3-])[BH3-].[B]B([B])B([B][BH3-])B([B])[BH3-].[B]B([B])B([B][BH3-])B([B])[B].[B][B].[B][B]B(B([B])[B])B([B])[B]. The van der Waals surface area contributed by atoms with E-state index in [2.05, 4.69) is 134 Å². The number of halogens is 4. The summed E-state index contributed by atoms with van der Waals surface area (Å²) in [4.78, 5) is 44.9. The predicted molar refractivity (Wildman–Crippen MR) is 649 cm³/mol. The first-order chi connectivity index (χ1) is 61.2. The first-order valence-corrected chi connectivity index (χ1v) is 42.5. The molecule has 694 valence electrons. The van der Waals surface area contributed by atoms with Crippen molar-refractivity contribution in [2.75, 3.05) is 6.61 Å². The highest BCUT2D eigenvalue weighted by atomic mass is 79.9. The van der Waals surface area contributed by atoms with Crippen LogP contribution in [-0.4, -0.2) is 393 Å². The lowest BCUT2D eigenvalue weighted by Gasteiger charge is -2.32. The smallest absolute Gasteiger partial charge is 0.444 e. The molecule has 2 amide bonds. The lowest BCUT2D eigenvalue weighted by atomic mass is 8.64. The van der Waals surface area contributed by atoms with E-state index in [9.17, 15) is 19.2 Å². The number of aliphatic hydroxyl groups excluding tert-OH is 1. The fraction of sp³-hybridized carbons (Fsp3) is 0.529. The van der Waals surface area contributed by atoms with E-state index < -0.39 is 80.8 Å². The van der Waals surface area contributed by atoms with Crippen LogP contribution in [0.15, 0.2) is 86.2 Å². The average molecular weight is 2090 g/mol. The van der Waals surface area contributed by atoms with Crippen molar-refractivity contribution in [1.29, 1.82) is 21.0 Å². The first kappa shape index (κ1) is 154. The van der Waals surface area contributed by atoms with E-state index in [4.69, 9.17) is 188 Å². The van der Waals surface area contributed by atoms with Crippen LogP contribution in [0.25, 0.3) is 0 Å². The number of alkyl carbamates (subject to hydrolysis) is 2. The minimum absolute atomic E-state index is 0. The molecule has 12 N–H and O–H groups in total. The lowest BCUT2D eigenvalue weighted by molar-refractivity contribution is -0.0295. The molecule has 0 aliphatic carbocycles. The van der Waals surface area contributed by atoms with Gasteiger partial charge in [0, 0.05) is 125 Å². The summed E-state index contributed by atoms with van der Waals surface area (Å²) in [5.74, 6) is 0. The molecule has 36 radical (unpaired) electrons. The monoisotopic (exact) mass is 2090 g/mol. The van der Waals surface area contributed by atoms with Crippen LogP contribution in [0.1, 0.15) is 205 Å². The maximum absolute atomic E-state index is 11.5. The Morgan fingerprint density at radius 2 is 0.732 bits per heavy atom. The number of aliphatic hydroxyl groups is 1. The average Bonchev–Trinajstić information content (AvgIpc) is 1.59. The van der Waals surface area contributed by atoms with Gasteiger partial charge in [0.25, 0.3) is 0 Å². The number of nitrogens with two attached hydrogens (primary N) is 1. The third-order valence-electron chi connectivity index (χ3n) is 15.9. The van der Waals surface area contributed by atoms with Crippen LogP contribution in [0, 0.1) is 45.3 Å². The summed E-state index contributed by atoms with van der Waals surface area (Å²) in [5.41, 5.74) is 7.23. The molecule has 0 spiro atoms. The molecule has 0 aromatic heterocycles. The van der Waals surface area contributed by atoms with Crippen LogP contribution in [0.5, 0.6) is 0 Å². The number of benzene rings is 4. The summed E-state index contributed by atoms with van der Waals surface area (Å²) in [6, 6.07) is 29.2. The molecule has 2 fully saturated rings. The van der Waals surface area contributed by atoms with Crippen molar-refractivity contribution < 1.29 is 82.1 Å². The Labute approximate surface area is 899 Å². The molecule has 0 unspecified atom stereocenters. The minimum atomic E-state index is -1.70. The number of ether oxygens (including phenoxy) is 5. The topological polar surface area (TPSA) is 424 Å². The van der Waals surface area contributed by atoms with Gasteiger partial charge in [-0.2, -0.15) is 42.2 Å². The molecular weight excluding hydrogens is 1960 g/mol. The number of nitrogens with zero attached hydrogens (tertiary/aromatic N) is 4. The Morgan fingerprint density at radius 3 is 0.928 bits per heavy atom. The molecule has 25 nitrogen and oxygen atoms in total. The van der Waals surface area contributed by atoms with Gasteiger partial charge in [0.05, 0.1) is 50.7 Å². The van der Waals surface area contributed by atoms with Crippen molar-refractivity contribution >= 4 is 390 Å². The zero-order valence-electron chi connectivity index (χ0n) is 78.4. The van der Waals surface area contributed by atoms with Crippen LogP contribution in [0.2, 0.25) is 0 Å². The number of amides is 2. The summed E-state index contributed by atoms with van der Waals surface area (Å²) in [5, 5.41) is 66.8. The van der Waals surface area contributed by atoms with Gasteiger partial charge in [-0.15, -0.1) is 21.9 Å². The highest BCUT2D eigenvalue weighted by Crippen LogP contribution is 2.43. The highest BCUT2D eigenvalue weighted by Gasteiger charge is 2.64.